The van der Waals surface area contributed by atoms with Crippen LogP contribution in [0.5, 0.6) is 0 Å². The topological polar surface area (TPSA) is 19.4 Å². The molecule has 4 heterocycles. The summed E-state index contributed by atoms with van der Waals surface area (Å²) in [5.74, 6) is 0. The lowest BCUT2D eigenvalue weighted by Crippen LogP contribution is -2.50. The summed E-state index contributed by atoms with van der Waals surface area (Å²) in [7, 11) is 0. The first kappa shape index (κ1) is 15.4. The van der Waals surface area contributed by atoms with Gasteiger partial charge in [0, 0.05) is 41.7 Å². The van der Waals surface area contributed by atoms with Crippen molar-refractivity contribution < 1.29 is 0 Å². The summed E-state index contributed by atoms with van der Waals surface area (Å²) >= 11 is 0. The highest BCUT2D eigenvalue weighted by Gasteiger charge is 2.51. The van der Waals surface area contributed by atoms with Gasteiger partial charge in [0.1, 0.15) is 0 Å². The Balaban J connectivity index is 1.55. The summed E-state index contributed by atoms with van der Waals surface area (Å²) in [6.45, 7) is 11.8. The normalized spacial score (nSPS) is 34.5. The molecule has 1 spiro atoms. The van der Waals surface area contributed by atoms with Gasteiger partial charge in [0.15, 0.2) is 0 Å². The molecule has 0 amide bonds. The molecule has 0 aliphatic carbocycles. The molecule has 2 bridgehead atoms. The molecular formula is C20H31N3. The summed E-state index contributed by atoms with van der Waals surface area (Å²) in [5.41, 5.74) is 3.45. The lowest BCUT2D eigenvalue weighted by atomic mass is 9.74. The Bertz CT molecular complexity index is 575. The largest absolute Gasteiger partial charge is 0.365 e. The van der Waals surface area contributed by atoms with Gasteiger partial charge in [0.25, 0.3) is 0 Å². The molecule has 23 heavy (non-hydrogen) atoms. The van der Waals surface area contributed by atoms with Crippen molar-refractivity contribution in [3.05, 3.63) is 24.0 Å². The van der Waals surface area contributed by atoms with Crippen molar-refractivity contribution in [2.45, 2.75) is 77.4 Å². The van der Waals surface area contributed by atoms with Gasteiger partial charge in [-0.05, 0) is 83.9 Å². The van der Waals surface area contributed by atoms with Crippen molar-refractivity contribution in [3.63, 3.8) is 0 Å². The van der Waals surface area contributed by atoms with Crippen LogP contribution in [0.3, 0.4) is 0 Å². The highest BCUT2D eigenvalue weighted by atomic mass is 15.3. The Labute approximate surface area is 141 Å². The van der Waals surface area contributed by atoms with Crippen molar-refractivity contribution >= 4 is 5.69 Å². The van der Waals surface area contributed by atoms with Crippen molar-refractivity contribution in [2.24, 2.45) is 5.41 Å². The van der Waals surface area contributed by atoms with E-state index >= 15 is 0 Å². The van der Waals surface area contributed by atoms with E-state index in [0.717, 1.165) is 17.8 Å². The third kappa shape index (κ3) is 2.67. The van der Waals surface area contributed by atoms with Gasteiger partial charge >= 0.3 is 0 Å². The fourth-order valence-corrected chi connectivity index (χ4v) is 5.40. The number of nitrogens with zero attached hydrogens (tertiary/aromatic N) is 3. The van der Waals surface area contributed by atoms with Gasteiger partial charge in [-0.15, -0.1) is 0 Å². The first-order chi connectivity index (χ1) is 10.9. The lowest BCUT2D eigenvalue weighted by Gasteiger charge is -2.47. The molecule has 4 rings (SSSR count). The Morgan fingerprint density at radius 3 is 2.43 bits per heavy atom. The zero-order valence-corrected chi connectivity index (χ0v) is 15.2. The zero-order valence-electron chi connectivity index (χ0n) is 15.2. The molecule has 1 aromatic heterocycles. The van der Waals surface area contributed by atoms with Crippen LogP contribution in [0, 0.1) is 12.3 Å². The molecule has 2 unspecified atom stereocenters. The number of hydrogen-bond acceptors (Lipinski definition) is 3. The van der Waals surface area contributed by atoms with E-state index in [-0.39, 0.29) is 0 Å². The number of fused-ring (bicyclic) bond motifs is 2. The fourth-order valence-electron chi connectivity index (χ4n) is 5.40. The van der Waals surface area contributed by atoms with E-state index in [1.165, 1.54) is 50.9 Å². The van der Waals surface area contributed by atoms with Crippen molar-refractivity contribution in [3.8, 4) is 0 Å². The highest BCUT2D eigenvalue weighted by molar-refractivity contribution is 5.51. The second-order valence-corrected chi connectivity index (χ2v) is 9.20. The Morgan fingerprint density at radius 2 is 1.87 bits per heavy atom. The Hall–Kier alpha value is -1.09. The predicted molar refractivity (Wildman–Crippen MR) is 95.9 cm³/mol. The summed E-state index contributed by atoms with van der Waals surface area (Å²) in [4.78, 5) is 9.84. The number of anilines is 1. The Morgan fingerprint density at radius 1 is 1.17 bits per heavy atom. The van der Waals surface area contributed by atoms with Crippen LogP contribution >= 0.6 is 0 Å². The van der Waals surface area contributed by atoms with Gasteiger partial charge in [-0.25, -0.2) is 0 Å². The number of rotatable bonds is 1. The molecule has 126 valence electrons. The van der Waals surface area contributed by atoms with Gasteiger partial charge in [0.2, 0.25) is 0 Å². The smallest absolute Gasteiger partial charge is 0.0404 e. The number of pyridine rings is 1. The number of aromatic nitrogens is 1. The molecule has 1 aromatic rings. The second-order valence-electron chi connectivity index (χ2n) is 9.20. The third-order valence-electron chi connectivity index (χ3n) is 6.52. The van der Waals surface area contributed by atoms with E-state index in [2.05, 4.69) is 54.6 Å². The van der Waals surface area contributed by atoms with Crippen LogP contribution in [0.25, 0.3) is 0 Å². The van der Waals surface area contributed by atoms with Crippen LogP contribution in [0.1, 0.15) is 58.6 Å². The molecule has 3 fully saturated rings. The van der Waals surface area contributed by atoms with E-state index in [9.17, 15) is 0 Å². The maximum absolute atomic E-state index is 4.38. The minimum absolute atomic E-state index is 0.321. The molecule has 3 saturated heterocycles. The number of aryl methyl sites for hydroxylation is 1. The minimum Gasteiger partial charge on any atom is -0.365 e. The Kier molecular flexibility index (Phi) is 3.49. The van der Waals surface area contributed by atoms with E-state index in [4.69, 9.17) is 0 Å². The second kappa shape index (κ2) is 5.20. The fraction of sp³-hybridized carbons (Fsp3) is 0.750. The SMILES string of the molecule is Cc1cc(N2C3CCC2CC2(CCN(C(C)(C)C)C2)C3)ccn1. The van der Waals surface area contributed by atoms with Gasteiger partial charge in [-0.2, -0.15) is 0 Å². The molecule has 3 heteroatoms. The highest BCUT2D eigenvalue weighted by Crippen LogP contribution is 2.52. The van der Waals surface area contributed by atoms with Gasteiger partial charge < -0.3 is 4.90 Å². The number of hydrogen-bond donors (Lipinski definition) is 0. The maximum atomic E-state index is 4.38. The quantitative estimate of drug-likeness (QED) is 0.781. The molecule has 0 N–H and O–H groups in total. The minimum atomic E-state index is 0.321. The molecular weight excluding hydrogens is 282 g/mol. The zero-order chi connectivity index (χ0) is 16.2. The van der Waals surface area contributed by atoms with Crippen molar-refractivity contribution in [2.75, 3.05) is 18.0 Å². The van der Waals surface area contributed by atoms with E-state index in [1.807, 2.05) is 6.20 Å². The maximum Gasteiger partial charge on any atom is 0.0404 e. The van der Waals surface area contributed by atoms with E-state index in [0.29, 0.717) is 11.0 Å². The average molecular weight is 313 g/mol. The van der Waals surface area contributed by atoms with Crippen LogP contribution in [0.4, 0.5) is 5.69 Å². The number of piperidine rings is 1. The van der Waals surface area contributed by atoms with Crippen LogP contribution < -0.4 is 4.90 Å². The molecule has 0 saturated carbocycles. The van der Waals surface area contributed by atoms with Crippen LogP contribution in [0.15, 0.2) is 18.3 Å². The van der Waals surface area contributed by atoms with E-state index in [1.54, 1.807) is 0 Å². The molecule has 0 aromatic carbocycles. The summed E-state index contributed by atoms with van der Waals surface area (Å²) in [6, 6.07) is 5.98. The molecule has 0 radical (unpaired) electrons. The summed E-state index contributed by atoms with van der Waals surface area (Å²) in [6.07, 6.45) is 8.91. The van der Waals surface area contributed by atoms with Crippen LogP contribution in [0.2, 0.25) is 0 Å². The van der Waals surface area contributed by atoms with E-state index < -0.39 is 0 Å². The number of likely N-dealkylation sites (tertiary alicyclic amines) is 1. The molecule has 3 aliphatic rings. The lowest BCUT2D eigenvalue weighted by molar-refractivity contribution is 0.124. The van der Waals surface area contributed by atoms with Crippen molar-refractivity contribution in [1.29, 1.82) is 0 Å². The monoisotopic (exact) mass is 313 g/mol. The summed E-state index contributed by atoms with van der Waals surface area (Å²) in [5, 5.41) is 0. The predicted octanol–water partition coefficient (Wildman–Crippen LogP) is 4.01. The first-order valence-electron chi connectivity index (χ1n) is 9.32. The summed E-state index contributed by atoms with van der Waals surface area (Å²) < 4.78 is 0. The van der Waals surface area contributed by atoms with Crippen LogP contribution in [-0.4, -0.2) is 40.6 Å². The average Bonchev–Trinajstić information content (AvgIpc) is 2.99. The first-order valence-corrected chi connectivity index (χ1v) is 9.32. The van der Waals surface area contributed by atoms with Crippen LogP contribution in [-0.2, 0) is 0 Å². The standard InChI is InChI=1S/C20H31N3/c1-15-11-16(7-9-21-15)23-17-5-6-18(23)13-20(12-17)8-10-22(14-20)19(2,3)4/h7,9,11,17-18H,5-6,8,10,12-14H2,1-4H3. The van der Waals surface area contributed by atoms with Crippen molar-refractivity contribution in [1.82, 2.24) is 9.88 Å². The van der Waals surface area contributed by atoms with Gasteiger partial charge in [0.05, 0.1) is 0 Å². The molecule has 3 nitrogen and oxygen atoms in total. The third-order valence-corrected chi connectivity index (χ3v) is 6.52. The molecule has 2 atom stereocenters. The van der Waals surface area contributed by atoms with Gasteiger partial charge in [-0.3, -0.25) is 9.88 Å². The molecule has 3 aliphatic heterocycles. The van der Waals surface area contributed by atoms with Gasteiger partial charge in [-0.1, -0.05) is 0 Å².